The summed E-state index contributed by atoms with van der Waals surface area (Å²) < 4.78 is 6.32. The predicted molar refractivity (Wildman–Crippen MR) is 74.0 cm³/mol. The summed E-state index contributed by atoms with van der Waals surface area (Å²) in [5.41, 5.74) is 0.196. The summed E-state index contributed by atoms with van der Waals surface area (Å²) in [6, 6.07) is 0.0245. The summed E-state index contributed by atoms with van der Waals surface area (Å²) in [6.07, 6.45) is 10.1. The van der Waals surface area contributed by atoms with Crippen molar-refractivity contribution in [1.29, 1.82) is 0 Å². The second-order valence-electron chi connectivity index (χ2n) is 6.53. The van der Waals surface area contributed by atoms with Crippen LogP contribution in [0, 0.1) is 0 Å². The lowest BCUT2D eigenvalue weighted by Gasteiger charge is -2.33. The molecule has 0 bridgehead atoms. The van der Waals surface area contributed by atoms with Crippen molar-refractivity contribution < 1.29 is 9.53 Å². The van der Waals surface area contributed by atoms with Crippen LogP contribution >= 0.6 is 0 Å². The van der Waals surface area contributed by atoms with Gasteiger partial charge in [-0.3, -0.25) is 4.79 Å². The minimum atomic E-state index is 0.0245. The molecule has 4 nitrogen and oxygen atoms in total. The van der Waals surface area contributed by atoms with Crippen LogP contribution in [-0.2, 0) is 9.53 Å². The molecule has 1 amide bonds. The average molecular weight is 266 g/mol. The molecule has 2 unspecified atom stereocenters. The number of carbonyl (C=O) groups is 1. The van der Waals surface area contributed by atoms with Crippen molar-refractivity contribution in [2.75, 3.05) is 20.1 Å². The number of nitrogens with one attached hydrogen (secondary N) is 1. The lowest BCUT2D eigenvalue weighted by atomic mass is 9.83. The highest BCUT2D eigenvalue weighted by atomic mass is 16.5. The number of ether oxygens (including phenoxy) is 1. The van der Waals surface area contributed by atoms with Crippen LogP contribution in [0.5, 0.6) is 0 Å². The van der Waals surface area contributed by atoms with Gasteiger partial charge in [0.25, 0.3) is 0 Å². The van der Waals surface area contributed by atoms with Crippen LogP contribution in [0.4, 0.5) is 0 Å². The Labute approximate surface area is 115 Å². The average Bonchev–Trinajstić information content (AvgIpc) is 2.95. The molecule has 2 aliphatic heterocycles. The fourth-order valence-electron chi connectivity index (χ4n) is 3.89. The number of nitrogens with zero attached hydrogens (tertiary/aromatic N) is 1. The lowest BCUT2D eigenvalue weighted by Crippen LogP contribution is -2.41. The van der Waals surface area contributed by atoms with Gasteiger partial charge in [-0.25, -0.2) is 0 Å². The van der Waals surface area contributed by atoms with Gasteiger partial charge in [0.05, 0.1) is 17.7 Å². The van der Waals surface area contributed by atoms with Gasteiger partial charge in [-0.2, -0.15) is 0 Å². The Hall–Kier alpha value is -0.610. The second kappa shape index (κ2) is 5.41. The molecule has 108 valence electrons. The first-order valence-electron chi connectivity index (χ1n) is 7.85. The zero-order chi connectivity index (χ0) is 13.3. The van der Waals surface area contributed by atoms with Crippen molar-refractivity contribution in [3.05, 3.63) is 0 Å². The Morgan fingerprint density at radius 1 is 1.26 bits per heavy atom. The van der Waals surface area contributed by atoms with E-state index in [1.165, 1.54) is 38.5 Å². The van der Waals surface area contributed by atoms with E-state index >= 15 is 0 Å². The molecule has 3 fully saturated rings. The number of rotatable bonds is 3. The van der Waals surface area contributed by atoms with Crippen LogP contribution in [0.25, 0.3) is 0 Å². The fourth-order valence-corrected chi connectivity index (χ4v) is 3.89. The quantitative estimate of drug-likeness (QED) is 0.845. The Bertz CT molecular complexity index is 339. The topological polar surface area (TPSA) is 41.6 Å². The number of amides is 1. The molecule has 2 atom stereocenters. The molecule has 1 saturated carbocycles. The Balaban J connectivity index is 1.46. The van der Waals surface area contributed by atoms with Gasteiger partial charge < -0.3 is 15.0 Å². The fraction of sp³-hybridized carbons (Fsp3) is 0.933. The van der Waals surface area contributed by atoms with Crippen molar-refractivity contribution in [3.8, 4) is 0 Å². The van der Waals surface area contributed by atoms with Crippen LogP contribution in [-0.4, -0.2) is 48.7 Å². The molecule has 0 aromatic heterocycles. The smallest absolute Gasteiger partial charge is 0.239 e. The molecule has 1 N–H and O–H groups in total. The number of hydrogen-bond donors (Lipinski definition) is 1. The van der Waals surface area contributed by atoms with E-state index in [1.54, 1.807) is 0 Å². The maximum absolute atomic E-state index is 11.8. The maximum Gasteiger partial charge on any atom is 0.239 e. The predicted octanol–water partition coefficient (Wildman–Crippen LogP) is 1.69. The number of likely N-dealkylation sites (N-methyl/N-ethyl adjacent to an activating group) is 1. The SMILES string of the molecule is CN1CCC(NCC2CCC3(CCCCC3)O2)C1=O. The van der Waals surface area contributed by atoms with Crippen molar-refractivity contribution in [2.45, 2.75) is 69.1 Å². The van der Waals surface area contributed by atoms with E-state index in [-0.39, 0.29) is 17.6 Å². The molecule has 2 saturated heterocycles. The molecule has 0 aromatic rings. The van der Waals surface area contributed by atoms with Crippen LogP contribution in [0.3, 0.4) is 0 Å². The third kappa shape index (κ3) is 2.79. The first-order valence-corrected chi connectivity index (χ1v) is 7.85. The minimum Gasteiger partial charge on any atom is -0.370 e. The van der Waals surface area contributed by atoms with Crippen LogP contribution in [0.15, 0.2) is 0 Å². The van der Waals surface area contributed by atoms with E-state index in [9.17, 15) is 4.79 Å². The first-order chi connectivity index (χ1) is 9.19. The van der Waals surface area contributed by atoms with E-state index in [1.807, 2.05) is 11.9 Å². The largest absolute Gasteiger partial charge is 0.370 e. The van der Waals surface area contributed by atoms with Crippen LogP contribution < -0.4 is 5.32 Å². The summed E-state index contributed by atoms with van der Waals surface area (Å²) in [5, 5.41) is 3.41. The Kier molecular flexibility index (Phi) is 3.81. The standard InChI is InChI=1S/C15H26N2O2/c1-17-10-6-13(14(17)18)16-11-12-5-9-15(19-12)7-3-2-4-8-15/h12-13,16H,2-11H2,1H3. The van der Waals surface area contributed by atoms with Gasteiger partial charge in [0.2, 0.25) is 5.91 Å². The zero-order valence-corrected chi connectivity index (χ0v) is 12.0. The van der Waals surface area contributed by atoms with Crippen molar-refractivity contribution in [1.82, 2.24) is 10.2 Å². The summed E-state index contributed by atoms with van der Waals surface area (Å²) in [5.74, 6) is 0.241. The summed E-state index contributed by atoms with van der Waals surface area (Å²) in [6.45, 7) is 1.72. The molecule has 2 heterocycles. The zero-order valence-electron chi connectivity index (χ0n) is 12.0. The second-order valence-corrected chi connectivity index (χ2v) is 6.53. The van der Waals surface area contributed by atoms with E-state index in [2.05, 4.69) is 5.32 Å². The highest BCUT2D eigenvalue weighted by molar-refractivity contribution is 5.83. The van der Waals surface area contributed by atoms with E-state index < -0.39 is 0 Å². The summed E-state index contributed by atoms with van der Waals surface area (Å²) >= 11 is 0. The van der Waals surface area contributed by atoms with E-state index in [0.717, 1.165) is 25.9 Å². The van der Waals surface area contributed by atoms with Crippen molar-refractivity contribution in [2.24, 2.45) is 0 Å². The lowest BCUT2D eigenvalue weighted by molar-refractivity contribution is -0.128. The normalized spacial score (nSPS) is 34.4. The first kappa shape index (κ1) is 13.4. The van der Waals surface area contributed by atoms with Gasteiger partial charge in [0.1, 0.15) is 0 Å². The molecule has 4 heteroatoms. The van der Waals surface area contributed by atoms with Crippen molar-refractivity contribution >= 4 is 5.91 Å². The minimum absolute atomic E-state index is 0.0245. The Morgan fingerprint density at radius 2 is 2.05 bits per heavy atom. The maximum atomic E-state index is 11.8. The molecule has 3 rings (SSSR count). The van der Waals surface area contributed by atoms with Gasteiger partial charge in [0.15, 0.2) is 0 Å². The van der Waals surface area contributed by atoms with Gasteiger partial charge >= 0.3 is 0 Å². The van der Waals surface area contributed by atoms with E-state index in [4.69, 9.17) is 4.74 Å². The molecule has 19 heavy (non-hydrogen) atoms. The monoisotopic (exact) mass is 266 g/mol. The van der Waals surface area contributed by atoms with Crippen molar-refractivity contribution in [3.63, 3.8) is 0 Å². The number of hydrogen-bond acceptors (Lipinski definition) is 3. The molecule has 3 aliphatic rings. The van der Waals surface area contributed by atoms with Crippen LogP contribution in [0.1, 0.15) is 51.4 Å². The molecular weight excluding hydrogens is 240 g/mol. The third-order valence-electron chi connectivity index (χ3n) is 5.12. The molecular formula is C15H26N2O2. The van der Waals surface area contributed by atoms with E-state index in [0.29, 0.717) is 6.10 Å². The van der Waals surface area contributed by atoms with Gasteiger partial charge in [-0.05, 0) is 32.1 Å². The van der Waals surface area contributed by atoms with Gasteiger partial charge in [-0.1, -0.05) is 19.3 Å². The molecule has 1 spiro atoms. The van der Waals surface area contributed by atoms with Gasteiger partial charge in [0, 0.05) is 20.1 Å². The number of carbonyl (C=O) groups excluding carboxylic acids is 1. The molecule has 0 aromatic carbocycles. The van der Waals surface area contributed by atoms with Crippen LogP contribution in [0.2, 0.25) is 0 Å². The highest BCUT2D eigenvalue weighted by Crippen LogP contribution is 2.41. The molecule has 0 radical (unpaired) electrons. The highest BCUT2D eigenvalue weighted by Gasteiger charge is 2.41. The summed E-state index contributed by atoms with van der Waals surface area (Å²) in [7, 11) is 1.88. The van der Waals surface area contributed by atoms with Gasteiger partial charge in [-0.15, -0.1) is 0 Å². The molecule has 1 aliphatic carbocycles. The summed E-state index contributed by atoms with van der Waals surface area (Å²) in [4.78, 5) is 13.6. The number of likely N-dealkylation sites (tertiary alicyclic amines) is 1. The third-order valence-corrected chi connectivity index (χ3v) is 5.12. The Morgan fingerprint density at radius 3 is 2.74 bits per heavy atom.